The second-order valence-electron chi connectivity index (χ2n) is 5.13. The number of benzene rings is 1. The lowest BCUT2D eigenvalue weighted by Crippen LogP contribution is -2.20. The molecule has 1 saturated carbocycles. The van der Waals surface area contributed by atoms with Gasteiger partial charge in [-0.1, -0.05) is 44.3 Å². The summed E-state index contributed by atoms with van der Waals surface area (Å²) >= 11 is 4.96. The van der Waals surface area contributed by atoms with Gasteiger partial charge in [0.15, 0.2) is 0 Å². The fourth-order valence-electron chi connectivity index (χ4n) is 2.57. The zero-order valence-electron chi connectivity index (χ0n) is 10.8. The first kappa shape index (κ1) is 13.3. The van der Waals surface area contributed by atoms with Crippen LogP contribution in [-0.4, -0.2) is 11.0 Å². The zero-order chi connectivity index (χ0) is 12.8. The van der Waals surface area contributed by atoms with Gasteiger partial charge in [-0.05, 0) is 37.1 Å². The van der Waals surface area contributed by atoms with Crippen molar-refractivity contribution in [3.8, 4) is 0 Å². The molecular formula is C15H22N2S. The highest BCUT2D eigenvalue weighted by molar-refractivity contribution is 7.80. The van der Waals surface area contributed by atoms with E-state index in [4.69, 9.17) is 18.0 Å². The van der Waals surface area contributed by atoms with Crippen LogP contribution in [0.1, 0.15) is 50.5 Å². The average molecular weight is 262 g/mol. The van der Waals surface area contributed by atoms with Gasteiger partial charge in [0.1, 0.15) is 4.99 Å². The van der Waals surface area contributed by atoms with Gasteiger partial charge in [-0.25, -0.2) is 0 Å². The Morgan fingerprint density at radius 2 is 1.56 bits per heavy atom. The maximum atomic E-state index is 5.60. The van der Waals surface area contributed by atoms with Gasteiger partial charge < -0.3 is 11.1 Å². The highest BCUT2D eigenvalue weighted by Crippen LogP contribution is 2.21. The van der Waals surface area contributed by atoms with Crippen LogP contribution in [0.25, 0.3) is 0 Å². The molecule has 1 aliphatic rings. The molecule has 2 nitrogen and oxygen atoms in total. The Morgan fingerprint density at radius 1 is 1.00 bits per heavy atom. The molecule has 0 radical (unpaired) electrons. The molecule has 0 saturated heterocycles. The molecule has 98 valence electrons. The predicted molar refractivity (Wildman–Crippen MR) is 82.1 cm³/mol. The van der Waals surface area contributed by atoms with Crippen LogP contribution in [-0.2, 0) is 0 Å². The molecule has 0 aliphatic heterocycles. The van der Waals surface area contributed by atoms with Crippen LogP contribution in [0, 0.1) is 0 Å². The lowest BCUT2D eigenvalue weighted by Gasteiger charge is -2.22. The van der Waals surface area contributed by atoms with Crippen molar-refractivity contribution in [1.82, 2.24) is 0 Å². The summed E-state index contributed by atoms with van der Waals surface area (Å²) in [7, 11) is 0. The summed E-state index contributed by atoms with van der Waals surface area (Å²) in [4.78, 5) is 0.465. The van der Waals surface area contributed by atoms with Crippen molar-refractivity contribution in [1.29, 1.82) is 0 Å². The van der Waals surface area contributed by atoms with Gasteiger partial charge in [-0.15, -0.1) is 0 Å². The molecule has 0 aromatic heterocycles. The monoisotopic (exact) mass is 262 g/mol. The summed E-state index contributed by atoms with van der Waals surface area (Å²) in [6, 6.07) is 8.77. The van der Waals surface area contributed by atoms with Gasteiger partial charge in [0.05, 0.1) is 0 Å². The summed E-state index contributed by atoms with van der Waals surface area (Å²) in [5.74, 6) is 0. The predicted octanol–water partition coefficient (Wildman–Crippen LogP) is 3.85. The SMILES string of the molecule is NC(=S)c1ccc(NC2CCCCCCC2)cc1. The Bertz CT molecular complexity index is 378. The van der Waals surface area contributed by atoms with Crippen molar-refractivity contribution in [2.75, 3.05) is 5.32 Å². The maximum Gasteiger partial charge on any atom is 0.103 e. The summed E-state index contributed by atoms with van der Waals surface area (Å²) in [5.41, 5.74) is 7.72. The maximum absolute atomic E-state index is 5.60. The van der Waals surface area contributed by atoms with E-state index in [0.717, 1.165) is 5.56 Å². The normalized spacial score (nSPS) is 17.8. The smallest absolute Gasteiger partial charge is 0.103 e. The van der Waals surface area contributed by atoms with E-state index in [1.54, 1.807) is 0 Å². The Balaban J connectivity index is 1.92. The second-order valence-corrected chi connectivity index (χ2v) is 5.57. The molecule has 0 amide bonds. The third-order valence-corrected chi connectivity index (χ3v) is 3.88. The first-order chi connectivity index (χ1) is 8.75. The number of nitrogens with one attached hydrogen (secondary N) is 1. The van der Waals surface area contributed by atoms with Crippen molar-refractivity contribution in [3.63, 3.8) is 0 Å². The fourth-order valence-corrected chi connectivity index (χ4v) is 2.70. The van der Waals surface area contributed by atoms with Crippen molar-refractivity contribution >= 4 is 22.9 Å². The van der Waals surface area contributed by atoms with Crippen molar-refractivity contribution < 1.29 is 0 Å². The van der Waals surface area contributed by atoms with E-state index in [0.29, 0.717) is 11.0 Å². The van der Waals surface area contributed by atoms with Gasteiger partial charge in [0.2, 0.25) is 0 Å². The third kappa shape index (κ3) is 3.98. The molecule has 0 spiro atoms. The molecule has 0 heterocycles. The van der Waals surface area contributed by atoms with Gasteiger partial charge >= 0.3 is 0 Å². The summed E-state index contributed by atoms with van der Waals surface area (Å²) < 4.78 is 0. The van der Waals surface area contributed by atoms with E-state index in [9.17, 15) is 0 Å². The van der Waals surface area contributed by atoms with E-state index >= 15 is 0 Å². The molecule has 1 aliphatic carbocycles. The van der Waals surface area contributed by atoms with Gasteiger partial charge in [-0.2, -0.15) is 0 Å². The Labute approximate surface area is 115 Å². The minimum Gasteiger partial charge on any atom is -0.389 e. The van der Waals surface area contributed by atoms with Gasteiger partial charge in [0, 0.05) is 17.3 Å². The van der Waals surface area contributed by atoms with Crippen LogP contribution in [0.4, 0.5) is 5.69 Å². The molecule has 0 unspecified atom stereocenters. The zero-order valence-corrected chi connectivity index (χ0v) is 11.6. The van der Waals surface area contributed by atoms with Crippen LogP contribution in [0.15, 0.2) is 24.3 Å². The molecule has 3 heteroatoms. The first-order valence-corrected chi connectivity index (χ1v) is 7.33. The molecular weight excluding hydrogens is 240 g/mol. The first-order valence-electron chi connectivity index (χ1n) is 6.92. The van der Waals surface area contributed by atoms with Crippen LogP contribution >= 0.6 is 12.2 Å². The van der Waals surface area contributed by atoms with Crippen molar-refractivity contribution in [2.45, 2.75) is 51.0 Å². The molecule has 1 fully saturated rings. The number of hydrogen-bond acceptors (Lipinski definition) is 2. The van der Waals surface area contributed by atoms with Crippen LogP contribution in [0.3, 0.4) is 0 Å². The van der Waals surface area contributed by atoms with E-state index in [2.05, 4.69) is 17.4 Å². The number of thiocarbonyl (C=S) groups is 1. The molecule has 18 heavy (non-hydrogen) atoms. The number of hydrogen-bond donors (Lipinski definition) is 2. The van der Waals surface area contributed by atoms with Crippen molar-refractivity contribution in [3.05, 3.63) is 29.8 Å². The standard InChI is InChI=1S/C15H22N2S/c16-15(18)12-8-10-14(11-9-12)17-13-6-4-2-1-3-5-7-13/h8-11,13,17H,1-7H2,(H2,16,18). The highest BCUT2D eigenvalue weighted by Gasteiger charge is 2.10. The third-order valence-electron chi connectivity index (χ3n) is 3.65. The molecule has 2 rings (SSSR count). The van der Waals surface area contributed by atoms with E-state index in [1.165, 1.54) is 50.6 Å². The Kier molecular flexibility index (Phi) is 5.00. The van der Waals surface area contributed by atoms with Crippen molar-refractivity contribution in [2.24, 2.45) is 5.73 Å². The quantitative estimate of drug-likeness (QED) is 0.813. The molecule has 0 atom stereocenters. The minimum absolute atomic E-state index is 0.465. The van der Waals surface area contributed by atoms with Crippen LogP contribution in [0.2, 0.25) is 0 Å². The van der Waals surface area contributed by atoms with Gasteiger partial charge in [-0.3, -0.25) is 0 Å². The minimum atomic E-state index is 0.465. The average Bonchev–Trinajstić information content (AvgIpc) is 2.33. The lowest BCUT2D eigenvalue weighted by molar-refractivity contribution is 0.471. The van der Waals surface area contributed by atoms with E-state index in [1.807, 2.05) is 12.1 Å². The van der Waals surface area contributed by atoms with Crippen LogP contribution < -0.4 is 11.1 Å². The lowest BCUT2D eigenvalue weighted by atomic mass is 9.96. The molecule has 0 bridgehead atoms. The van der Waals surface area contributed by atoms with E-state index < -0.39 is 0 Å². The summed E-state index contributed by atoms with van der Waals surface area (Å²) in [6.07, 6.45) is 9.46. The van der Waals surface area contributed by atoms with E-state index in [-0.39, 0.29) is 0 Å². The number of anilines is 1. The Morgan fingerprint density at radius 3 is 2.11 bits per heavy atom. The summed E-state index contributed by atoms with van der Waals surface area (Å²) in [6.45, 7) is 0. The largest absolute Gasteiger partial charge is 0.389 e. The molecule has 1 aromatic rings. The Hall–Kier alpha value is -1.09. The number of rotatable bonds is 3. The molecule has 1 aromatic carbocycles. The van der Waals surface area contributed by atoms with Crippen LogP contribution in [0.5, 0.6) is 0 Å². The topological polar surface area (TPSA) is 38.0 Å². The molecule has 3 N–H and O–H groups in total. The highest BCUT2D eigenvalue weighted by atomic mass is 32.1. The number of nitrogens with two attached hydrogens (primary N) is 1. The van der Waals surface area contributed by atoms with Gasteiger partial charge in [0.25, 0.3) is 0 Å². The fraction of sp³-hybridized carbons (Fsp3) is 0.533. The summed E-state index contributed by atoms with van der Waals surface area (Å²) in [5, 5.41) is 3.63. The second kappa shape index (κ2) is 6.74.